The lowest BCUT2D eigenvalue weighted by Crippen LogP contribution is -2.36. The van der Waals surface area contributed by atoms with E-state index in [4.69, 9.17) is 0 Å². The third kappa shape index (κ3) is 5.67. The number of rotatable bonds is 8. The summed E-state index contributed by atoms with van der Waals surface area (Å²) < 4.78 is 27.5. The molecule has 1 fully saturated rings. The minimum absolute atomic E-state index is 0.106. The summed E-state index contributed by atoms with van der Waals surface area (Å²) in [6, 6.07) is 15.5. The van der Waals surface area contributed by atoms with E-state index in [9.17, 15) is 23.1 Å². The molecule has 2 aromatic carbocycles. The van der Waals surface area contributed by atoms with Crippen molar-refractivity contribution in [3.8, 4) is 0 Å². The number of hydrogen-bond donors (Lipinski definition) is 3. The molecule has 0 radical (unpaired) electrons. The lowest BCUT2D eigenvalue weighted by molar-refractivity contribution is -0.147. The van der Waals surface area contributed by atoms with Gasteiger partial charge in [0.15, 0.2) is 0 Å². The van der Waals surface area contributed by atoms with Gasteiger partial charge in [-0.2, -0.15) is 0 Å². The first-order valence-corrected chi connectivity index (χ1v) is 11.5. The van der Waals surface area contributed by atoms with Crippen LogP contribution in [0.3, 0.4) is 0 Å². The second kappa shape index (κ2) is 9.86. The zero-order valence-corrected chi connectivity index (χ0v) is 17.4. The molecule has 1 aliphatic carbocycles. The molecule has 160 valence electrons. The molecule has 2 atom stereocenters. The summed E-state index contributed by atoms with van der Waals surface area (Å²) in [5.41, 5.74) is 1.48. The molecule has 8 heteroatoms. The molecule has 1 saturated carbocycles. The Morgan fingerprint density at radius 1 is 0.933 bits per heavy atom. The van der Waals surface area contributed by atoms with E-state index < -0.39 is 27.8 Å². The fourth-order valence-electron chi connectivity index (χ4n) is 3.75. The molecular weight excluding hydrogens is 404 g/mol. The second-order valence-electron chi connectivity index (χ2n) is 7.48. The number of carboxylic acids is 1. The monoisotopic (exact) mass is 430 g/mol. The molecule has 1 aliphatic rings. The molecule has 7 nitrogen and oxygen atoms in total. The van der Waals surface area contributed by atoms with Crippen LogP contribution in [0, 0.1) is 11.8 Å². The molecule has 30 heavy (non-hydrogen) atoms. The summed E-state index contributed by atoms with van der Waals surface area (Å²) in [5.74, 6) is -2.52. The maximum Gasteiger partial charge on any atom is 0.307 e. The van der Waals surface area contributed by atoms with Crippen LogP contribution in [0.25, 0.3) is 0 Å². The molecule has 0 aromatic heterocycles. The van der Waals surface area contributed by atoms with Gasteiger partial charge in [0.25, 0.3) is 0 Å². The van der Waals surface area contributed by atoms with Crippen molar-refractivity contribution >= 4 is 27.6 Å². The third-order valence-corrected chi connectivity index (χ3v) is 6.88. The number of sulfonamides is 1. The number of nitrogens with one attached hydrogen (secondary N) is 2. The fourth-order valence-corrected chi connectivity index (χ4v) is 4.78. The van der Waals surface area contributed by atoms with Crippen molar-refractivity contribution in [2.45, 2.75) is 37.0 Å². The predicted octanol–water partition coefficient (Wildman–Crippen LogP) is 3.04. The molecule has 2 aromatic rings. The normalized spacial score (nSPS) is 19.2. The topological polar surface area (TPSA) is 113 Å². The number of aliphatic carboxylic acids is 1. The number of carbonyl (C=O) groups excluding carboxylic acids is 1. The van der Waals surface area contributed by atoms with Crippen LogP contribution in [0.2, 0.25) is 0 Å². The van der Waals surface area contributed by atoms with Crippen LogP contribution in [-0.4, -0.2) is 31.9 Å². The molecule has 0 saturated heterocycles. The first kappa shape index (κ1) is 22.0. The Morgan fingerprint density at radius 3 is 2.20 bits per heavy atom. The van der Waals surface area contributed by atoms with E-state index in [1.54, 1.807) is 0 Å². The van der Waals surface area contributed by atoms with Gasteiger partial charge in [-0.25, -0.2) is 13.1 Å². The summed E-state index contributed by atoms with van der Waals surface area (Å²) >= 11 is 0. The fraction of sp³-hybridized carbons (Fsp3) is 0.364. The molecule has 3 rings (SSSR count). The quantitative estimate of drug-likeness (QED) is 0.596. The summed E-state index contributed by atoms with van der Waals surface area (Å²) in [7, 11) is -3.66. The van der Waals surface area contributed by atoms with E-state index in [2.05, 4.69) is 10.0 Å². The smallest absolute Gasteiger partial charge is 0.307 e. The van der Waals surface area contributed by atoms with Crippen LogP contribution in [0.1, 0.15) is 31.2 Å². The van der Waals surface area contributed by atoms with E-state index in [0.29, 0.717) is 24.9 Å². The maximum absolute atomic E-state index is 12.5. The second-order valence-corrected chi connectivity index (χ2v) is 9.25. The molecule has 1 amide bonds. The van der Waals surface area contributed by atoms with Crippen LogP contribution in [0.4, 0.5) is 5.69 Å². The Hall–Kier alpha value is -2.71. The van der Waals surface area contributed by atoms with Gasteiger partial charge in [-0.15, -0.1) is 0 Å². The van der Waals surface area contributed by atoms with Gasteiger partial charge in [0.1, 0.15) is 0 Å². The van der Waals surface area contributed by atoms with Crippen LogP contribution in [0.5, 0.6) is 0 Å². The minimum atomic E-state index is -3.66. The van der Waals surface area contributed by atoms with Gasteiger partial charge in [-0.1, -0.05) is 43.2 Å². The first-order valence-electron chi connectivity index (χ1n) is 10.0. The van der Waals surface area contributed by atoms with Gasteiger partial charge in [0.05, 0.1) is 16.7 Å². The number of amides is 1. The van der Waals surface area contributed by atoms with Crippen molar-refractivity contribution in [3.05, 3.63) is 60.2 Å². The van der Waals surface area contributed by atoms with Gasteiger partial charge in [0, 0.05) is 12.2 Å². The highest BCUT2D eigenvalue weighted by Crippen LogP contribution is 2.31. The van der Waals surface area contributed by atoms with Crippen LogP contribution in [0.15, 0.2) is 59.5 Å². The summed E-state index contributed by atoms with van der Waals surface area (Å²) in [6.07, 6.45) is 3.26. The van der Waals surface area contributed by atoms with Crippen molar-refractivity contribution in [3.63, 3.8) is 0 Å². The Bertz CT molecular complexity index is 974. The summed E-state index contributed by atoms with van der Waals surface area (Å²) in [6.45, 7) is 0.281. The van der Waals surface area contributed by atoms with Crippen molar-refractivity contribution in [1.29, 1.82) is 0 Å². The minimum Gasteiger partial charge on any atom is -0.481 e. The van der Waals surface area contributed by atoms with Gasteiger partial charge in [0.2, 0.25) is 15.9 Å². The van der Waals surface area contributed by atoms with Gasteiger partial charge in [-0.05, 0) is 49.1 Å². The molecule has 0 aliphatic heterocycles. The summed E-state index contributed by atoms with van der Waals surface area (Å²) in [5, 5.41) is 12.1. The Balaban J connectivity index is 1.58. The number of carboxylic acid groups (broad SMARTS) is 1. The van der Waals surface area contributed by atoms with E-state index in [1.165, 1.54) is 24.3 Å². The lowest BCUT2D eigenvalue weighted by Gasteiger charge is -2.27. The average molecular weight is 431 g/mol. The Kier molecular flexibility index (Phi) is 7.23. The molecule has 0 bridgehead atoms. The van der Waals surface area contributed by atoms with Crippen molar-refractivity contribution in [2.24, 2.45) is 11.8 Å². The zero-order valence-electron chi connectivity index (χ0n) is 16.6. The van der Waals surface area contributed by atoms with Crippen molar-refractivity contribution in [2.75, 3.05) is 11.9 Å². The Labute approximate surface area is 176 Å². The third-order valence-electron chi connectivity index (χ3n) is 5.40. The maximum atomic E-state index is 12.5. The number of hydrogen-bond acceptors (Lipinski definition) is 4. The number of carbonyl (C=O) groups is 2. The van der Waals surface area contributed by atoms with E-state index in [1.807, 2.05) is 30.3 Å². The first-order chi connectivity index (χ1) is 14.4. The SMILES string of the molecule is O=C(O)[C@H]1CCCC[C@H]1C(=O)Nc1ccc(S(=O)(=O)NCCc2ccccc2)cc1. The molecule has 0 unspecified atom stereocenters. The van der Waals surface area contributed by atoms with Crippen LogP contribution in [-0.2, 0) is 26.0 Å². The van der Waals surface area contributed by atoms with Gasteiger partial charge >= 0.3 is 5.97 Å². The standard InChI is InChI=1S/C22H26N2O5S/c25-21(19-8-4-5-9-20(19)22(26)27)24-17-10-12-18(13-11-17)30(28,29)23-15-14-16-6-2-1-3-7-16/h1-3,6-7,10-13,19-20,23H,4-5,8-9,14-15H2,(H,24,25)(H,26,27)/t19-,20+/m1/s1. The molecule has 0 heterocycles. The highest BCUT2D eigenvalue weighted by atomic mass is 32.2. The van der Waals surface area contributed by atoms with Crippen molar-refractivity contribution < 1.29 is 23.1 Å². The molecular formula is C22H26N2O5S. The van der Waals surface area contributed by atoms with Crippen molar-refractivity contribution in [1.82, 2.24) is 4.72 Å². The summed E-state index contributed by atoms with van der Waals surface area (Å²) in [4.78, 5) is 24.0. The average Bonchev–Trinajstić information content (AvgIpc) is 2.74. The van der Waals surface area contributed by atoms with Crippen LogP contribution < -0.4 is 10.0 Å². The molecule has 0 spiro atoms. The zero-order chi connectivity index (χ0) is 21.6. The highest BCUT2D eigenvalue weighted by molar-refractivity contribution is 7.89. The van der Waals surface area contributed by atoms with Gasteiger partial charge < -0.3 is 10.4 Å². The van der Waals surface area contributed by atoms with Gasteiger partial charge in [-0.3, -0.25) is 9.59 Å². The number of benzene rings is 2. The number of anilines is 1. The Morgan fingerprint density at radius 2 is 1.57 bits per heavy atom. The van der Waals surface area contributed by atoms with E-state index in [-0.39, 0.29) is 17.3 Å². The lowest BCUT2D eigenvalue weighted by atomic mass is 9.78. The molecule has 3 N–H and O–H groups in total. The highest BCUT2D eigenvalue weighted by Gasteiger charge is 2.35. The van der Waals surface area contributed by atoms with Crippen LogP contribution >= 0.6 is 0 Å². The predicted molar refractivity (Wildman–Crippen MR) is 113 cm³/mol. The van der Waals surface area contributed by atoms with E-state index in [0.717, 1.165) is 18.4 Å². The largest absolute Gasteiger partial charge is 0.481 e. The van der Waals surface area contributed by atoms with E-state index >= 15 is 0 Å².